The molecule has 0 unspecified atom stereocenters. The Bertz CT molecular complexity index is 886. The lowest BCUT2D eigenvalue weighted by Crippen LogP contribution is -2.22. The number of nitrogens with zero attached hydrogens (tertiary/aromatic N) is 2. The third kappa shape index (κ3) is 2.55. The van der Waals surface area contributed by atoms with Crippen LogP contribution in [0.2, 0.25) is 0 Å². The number of rotatable bonds is 4. The van der Waals surface area contributed by atoms with Crippen LogP contribution in [0.3, 0.4) is 0 Å². The third-order valence-electron chi connectivity index (χ3n) is 3.48. The number of aromatic nitrogens is 2. The number of fused-ring (bicyclic) bond motifs is 1. The molecule has 0 aliphatic rings. The number of Topliss-reactive ketones (excluding diaryl/α,β-unsaturated/α-hetero) is 1. The first-order valence-corrected chi connectivity index (χ1v) is 6.88. The molecule has 0 fully saturated rings. The summed E-state index contributed by atoms with van der Waals surface area (Å²) in [5, 5.41) is 0.443. The van der Waals surface area contributed by atoms with E-state index in [4.69, 9.17) is 0 Å². The molecule has 1 aromatic heterocycles. The van der Waals surface area contributed by atoms with Gasteiger partial charge in [-0.1, -0.05) is 31.4 Å². The molecule has 0 aliphatic heterocycles. The van der Waals surface area contributed by atoms with Gasteiger partial charge in [0, 0.05) is 18.2 Å². The molecule has 1 heterocycles. The number of benzene rings is 1. The summed E-state index contributed by atoms with van der Waals surface area (Å²) in [5.41, 5.74) is 2.22. The highest BCUT2D eigenvalue weighted by molar-refractivity contribution is 6.05. The van der Waals surface area contributed by atoms with Crippen molar-refractivity contribution in [2.24, 2.45) is 7.05 Å². The first-order chi connectivity index (χ1) is 10.4. The quantitative estimate of drug-likeness (QED) is 0.642. The Kier molecular flexibility index (Phi) is 4.22. The lowest BCUT2D eigenvalue weighted by Gasteiger charge is -2.12. The molecule has 4 heteroatoms. The standard InChI is InChI=1S/C18H18N2O2/c1-6-8-13(7-2)17-19-16-14(12(4)21)9-11(3)10-15(16)18(22)20(17)5/h6-10H,1-2H2,3-5H3/b13-8+. The van der Waals surface area contributed by atoms with Crippen molar-refractivity contribution in [3.05, 3.63) is 70.8 Å². The first-order valence-electron chi connectivity index (χ1n) is 6.88. The summed E-state index contributed by atoms with van der Waals surface area (Å²) >= 11 is 0. The van der Waals surface area contributed by atoms with Crippen molar-refractivity contribution < 1.29 is 4.79 Å². The summed E-state index contributed by atoms with van der Waals surface area (Å²) in [6.45, 7) is 10.7. The van der Waals surface area contributed by atoms with Crippen LogP contribution >= 0.6 is 0 Å². The van der Waals surface area contributed by atoms with E-state index in [1.807, 2.05) is 6.92 Å². The van der Waals surface area contributed by atoms with Crippen LogP contribution in [0, 0.1) is 6.92 Å². The highest BCUT2D eigenvalue weighted by Gasteiger charge is 2.15. The summed E-state index contributed by atoms with van der Waals surface area (Å²) in [5.74, 6) is 0.340. The molecule has 0 spiro atoms. The largest absolute Gasteiger partial charge is 0.295 e. The summed E-state index contributed by atoms with van der Waals surface area (Å²) < 4.78 is 1.46. The van der Waals surface area contributed by atoms with Gasteiger partial charge in [0.15, 0.2) is 5.78 Å². The molecule has 0 radical (unpaired) electrons. The molecule has 0 bridgehead atoms. The zero-order valence-electron chi connectivity index (χ0n) is 13.0. The second-order valence-electron chi connectivity index (χ2n) is 5.13. The number of hydrogen-bond acceptors (Lipinski definition) is 3. The monoisotopic (exact) mass is 294 g/mol. The number of carbonyl (C=O) groups excluding carboxylic acids is 1. The molecule has 0 N–H and O–H groups in total. The molecule has 0 aliphatic carbocycles. The lowest BCUT2D eigenvalue weighted by atomic mass is 10.0. The van der Waals surface area contributed by atoms with Gasteiger partial charge in [-0.3, -0.25) is 14.2 Å². The van der Waals surface area contributed by atoms with Crippen molar-refractivity contribution in [3.63, 3.8) is 0 Å². The van der Waals surface area contributed by atoms with Crippen molar-refractivity contribution in [3.8, 4) is 0 Å². The van der Waals surface area contributed by atoms with Gasteiger partial charge in [-0.15, -0.1) is 0 Å². The SMILES string of the molecule is C=C/C=C(\C=C)c1nc2c(C(C)=O)cc(C)cc2c(=O)n1C. The number of allylic oxidation sites excluding steroid dienone is 4. The highest BCUT2D eigenvalue weighted by atomic mass is 16.1. The van der Waals surface area contributed by atoms with Crippen LogP contribution in [-0.2, 0) is 7.05 Å². The van der Waals surface area contributed by atoms with E-state index in [2.05, 4.69) is 18.1 Å². The van der Waals surface area contributed by atoms with Gasteiger partial charge in [0.25, 0.3) is 5.56 Å². The predicted molar refractivity (Wildman–Crippen MR) is 90.1 cm³/mol. The molecule has 112 valence electrons. The normalized spacial score (nSPS) is 11.5. The fourth-order valence-corrected chi connectivity index (χ4v) is 2.41. The molecule has 2 rings (SSSR count). The van der Waals surface area contributed by atoms with Gasteiger partial charge in [-0.05, 0) is 31.5 Å². The van der Waals surface area contributed by atoms with Crippen molar-refractivity contribution in [2.75, 3.05) is 0 Å². The second kappa shape index (κ2) is 5.93. The fraction of sp³-hybridized carbons (Fsp3) is 0.167. The van der Waals surface area contributed by atoms with E-state index in [-0.39, 0.29) is 11.3 Å². The van der Waals surface area contributed by atoms with Gasteiger partial charge in [-0.2, -0.15) is 0 Å². The van der Waals surface area contributed by atoms with E-state index in [1.54, 1.807) is 37.4 Å². The average molecular weight is 294 g/mol. The first kappa shape index (κ1) is 15.6. The second-order valence-corrected chi connectivity index (χ2v) is 5.13. The molecule has 0 saturated heterocycles. The van der Waals surface area contributed by atoms with Crippen molar-refractivity contribution >= 4 is 22.3 Å². The van der Waals surface area contributed by atoms with Crippen LogP contribution in [0.1, 0.15) is 28.7 Å². The molecule has 0 saturated carbocycles. The molecule has 22 heavy (non-hydrogen) atoms. The topological polar surface area (TPSA) is 52.0 Å². The summed E-state index contributed by atoms with van der Waals surface area (Å²) in [6, 6.07) is 3.51. The molecule has 2 aromatic rings. The molecule has 0 atom stereocenters. The summed E-state index contributed by atoms with van der Waals surface area (Å²) in [7, 11) is 1.65. The van der Waals surface area contributed by atoms with Crippen molar-refractivity contribution in [2.45, 2.75) is 13.8 Å². The van der Waals surface area contributed by atoms with Gasteiger partial charge >= 0.3 is 0 Å². The van der Waals surface area contributed by atoms with Gasteiger partial charge in [0.1, 0.15) is 5.82 Å². The predicted octanol–water partition coefficient (Wildman–Crippen LogP) is 3.20. The fourth-order valence-electron chi connectivity index (χ4n) is 2.41. The van der Waals surface area contributed by atoms with Crippen molar-refractivity contribution in [1.29, 1.82) is 0 Å². The molecular weight excluding hydrogens is 276 g/mol. The van der Waals surface area contributed by atoms with Gasteiger partial charge in [0.2, 0.25) is 0 Å². The average Bonchev–Trinajstić information content (AvgIpc) is 2.48. The number of aryl methyl sites for hydroxylation is 1. The zero-order chi connectivity index (χ0) is 16.4. The van der Waals surface area contributed by atoms with Gasteiger partial charge in [-0.25, -0.2) is 4.98 Å². The Balaban J connectivity index is 3.00. The van der Waals surface area contributed by atoms with E-state index in [9.17, 15) is 9.59 Å². The lowest BCUT2D eigenvalue weighted by molar-refractivity contribution is 0.101. The Hall–Kier alpha value is -2.75. The zero-order valence-corrected chi connectivity index (χ0v) is 13.0. The Labute approximate surface area is 129 Å². The minimum Gasteiger partial charge on any atom is -0.295 e. The number of ketones is 1. The Morgan fingerprint density at radius 1 is 1.32 bits per heavy atom. The van der Waals surface area contributed by atoms with Gasteiger partial charge < -0.3 is 0 Å². The summed E-state index contributed by atoms with van der Waals surface area (Å²) in [6.07, 6.45) is 4.94. The van der Waals surface area contributed by atoms with E-state index < -0.39 is 0 Å². The smallest absolute Gasteiger partial charge is 0.261 e. The van der Waals surface area contributed by atoms with Gasteiger partial charge in [0.05, 0.1) is 10.9 Å². The van der Waals surface area contributed by atoms with Crippen LogP contribution in [0.15, 0.2) is 48.3 Å². The molecule has 4 nitrogen and oxygen atoms in total. The number of hydrogen-bond donors (Lipinski definition) is 0. The van der Waals surface area contributed by atoms with Crippen LogP contribution in [0.5, 0.6) is 0 Å². The minimum atomic E-state index is -0.192. The van der Waals surface area contributed by atoms with E-state index in [1.165, 1.54) is 11.5 Å². The van der Waals surface area contributed by atoms with Crippen LogP contribution in [-0.4, -0.2) is 15.3 Å². The summed E-state index contributed by atoms with van der Waals surface area (Å²) in [4.78, 5) is 29.1. The third-order valence-corrected chi connectivity index (χ3v) is 3.48. The maximum absolute atomic E-state index is 12.6. The maximum atomic E-state index is 12.6. The molecule has 1 aromatic carbocycles. The Morgan fingerprint density at radius 3 is 2.55 bits per heavy atom. The van der Waals surface area contributed by atoms with Crippen LogP contribution in [0.25, 0.3) is 16.5 Å². The van der Waals surface area contributed by atoms with E-state index in [0.29, 0.717) is 27.9 Å². The Morgan fingerprint density at radius 2 is 2.00 bits per heavy atom. The molecule has 0 amide bonds. The maximum Gasteiger partial charge on any atom is 0.261 e. The van der Waals surface area contributed by atoms with Crippen LogP contribution in [0.4, 0.5) is 0 Å². The minimum absolute atomic E-state index is 0.117. The van der Waals surface area contributed by atoms with Crippen LogP contribution < -0.4 is 5.56 Å². The molecular formula is C18H18N2O2. The highest BCUT2D eigenvalue weighted by Crippen LogP contribution is 2.20. The number of carbonyl (C=O) groups is 1. The van der Waals surface area contributed by atoms with Crippen molar-refractivity contribution in [1.82, 2.24) is 9.55 Å². The van der Waals surface area contributed by atoms with E-state index >= 15 is 0 Å². The van der Waals surface area contributed by atoms with E-state index in [0.717, 1.165) is 5.56 Å².